The second kappa shape index (κ2) is 8.96. The van der Waals surface area contributed by atoms with Crippen LogP contribution in [0.5, 0.6) is 0 Å². The van der Waals surface area contributed by atoms with Crippen LogP contribution in [-0.4, -0.2) is 6.04 Å². The Morgan fingerprint density at radius 2 is 1.73 bits per heavy atom. The van der Waals surface area contributed by atoms with Crippen LogP contribution in [0.4, 0.5) is 0 Å². The van der Waals surface area contributed by atoms with Crippen molar-refractivity contribution in [3.63, 3.8) is 0 Å². The third-order valence-corrected chi connectivity index (χ3v) is 3.02. The van der Waals surface area contributed by atoms with Crippen molar-refractivity contribution in [1.82, 2.24) is 0 Å². The van der Waals surface area contributed by atoms with E-state index in [1.807, 2.05) is 13.8 Å². The Bertz CT molecular complexity index is 163. The molecule has 0 heterocycles. The summed E-state index contributed by atoms with van der Waals surface area (Å²) in [6, 6.07) is 0.466. The van der Waals surface area contributed by atoms with E-state index in [9.17, 15) is 0 Å². The fraction of sp³-hybridized carbons (Fsp3) is 0.857. The molecule has 0 amide bonds. The Morgan fingerprint density at radius 1 is 1.13 bits per heavy atom. The molecule has 1 aliphatic carbocycles. The van der Waals surface area contributed by atoms with Crippen molar-refractivity contribution in [2.75, 3.05) is 0 Å². The van der Waals surface area contributed by atoms with Crippen LogP contribution in [0, 0.1) is 5.92 Å². The van der Waals surface area contributed by atoms with Crippen LogP contribution in [0.3, 0.4) is 0 Å². The molecule has 2 atom stereocenters. The predicted molar refractivity (Wildman–Crippen MR) is 69.9 cm³/mol. The van der Waals surface area contributed by atoms with Crippen molar-refractivity contribution in [3.05, 3.63) is 12.2 Å². The van der Waals surface area contributed by atoms with Crippen molar-refractivity contribution in [2.24, 2.45) is 11.7 Å². The fourth-order valence-corrected chi connectivity index (χ4v) is 2.27. The van der Waals surface area contributed by atoms with E-state index in [1.165, 1.54) is 50.5 Å². The standard InChI is InChI=1S/C12H23N.C2H6/c1-10(2)9-11-5-3-4-6-12(13)8-7-11;1-2/h11-12H,1,3-9,13H2,2H3;1-2H3. The Balaban J connectivity index is 0.000000921. The van der Waals surface area contributed by atoms with Crippen LogP contribution in [-0.2, 0) is 0 Å². The van der Waals surface area contributed by atoms with Crippen LogP contribution in [0.15, 0.2) is 12.2 Å². The van der Waals surface area contributed by atoms with Gasteiger partial charge in [0.2, 0.25) is 0 Å². The second-order valence-electron chi connectivity index (χ2n) is 4.65. The number of nitrogens with two attached hydrogens (primary N) is 1. The zero-order chi connectivity index (χ0) is 11.7. The van der Waals surface area contributed by atoms with Gasteiger partial charge in [-0.25, -0.2) is 0 Å². The van der Waals surface area contributed by atoms with Gasteiger partial charge >= 0.3 is 0 Å². The minimum absolute atomic E-state index is 0.466. The lowest BCUT2D eigenvalue weighted by molar-refractivity contribution is 0.353. The maximum absolute atomic E-state index is 5.97. The summed E-state index contributed by atoms with van der Waals surface area (Å²) in [6.45, 7) is 10.1. The molecule has 2 N–H and O–H groups in total. The number of allylic oxidation sites excluding steroid dienone is 1. The Morgan fingerprint density at radius 3 is 2.33 bits per heavy atom. The molecule has 90 valence electrons. The average molecular weight is 211 g/mol. The highest BCUT2D eigenvalue weighted by Crippen LogP contribution is 2.26. The summed E-state index contributed by atoms with van der Waals surface area (Å²) >= 11 is 0. The van der Waals surface area contributed by atoms with Crippen LogP contribution < -0.4 is 5.73 Å². The molecule has 0 radical (unpaired) electrons. The van der Waals surface area contributed by atoms with Gasteiger partial charge in [0, 0.05) is 6.04 Å². The summed E-state index contributed by atoms with van der Waals surface area (Å²) in [6.07, 6.45) is 9.07. The normalized spacial score (nSPS) is 26.9. The van der Waals surface area contributed by atoms with Crippen LogP contribution in [0.1, 0.15) is 65.7 Å². The van der Waals surface area contributed by atoms with Gasteiger partial charge in [-0.2, -0.15) is 0 Å². The van der Waals surface area contributed by atoms with Gasteiger partial charge in [-0.3, -0.25) is 0 Å². The van der Waals surface area contributed by atoms with E-state index in [2.05, 4.69) is 13.5 Å². The van der Waals surface area contributed by atoms with E-state index >= 15 is 0 Å². The number of hydrogen-bond acceptors (Lipinski definition) is 1. The highest BCUT2D eigenvalue weighted by molar-refractivity contribution is 4.90. The Hall–Kier alpha value is -0.300. The van der Waals surface area contributed by atoms with Gasteiger partial charge < -0.3 is 5.73 Å². The van der Waals surface area contributed by atoms with Crippen molar-refractivity contribution < 1.29 is 0 Å². The second-order valence-corrected chi connectivity index (χ2v) is 4.65. The first-order chi connectivity index (χ1) is 7.18. The maximum Gasteiger partial charge on any atom is 0.00389 e. The zero-order valence-electron chi connectivity index (χ0n) is 10.9. The lowest BCUT2D eigenvalue weighted by atomic mass is 9.86. The summed E-state index contributed by atoms with van der Waals surface area (Å²) in [5.41, 5.74) is 7.31. The van der Waals surface area contributed by atoms with Gasteiger partial charge in [0.25, 0.3) is 0 Å². The number of rotatable bonds is 2. The van der Waals surface area contributed by atoms with Crippen molar-refractivity contribution in [1.29, 1.82) is 0 Å². The molecule has 1 heteroatoms. The largest absolute Gasteiger partial charge is 0.328 e. The molecule has 0 bridgehead atoms. The van der Waals surface area contributed by atoms with Crippen molar-refractivity contribution in [2.45, 2.75) is 71.8 Å². The summed E-state index contributed by atoms with van der Waals surface area (Å²) in [5, 5.41) is 0. The van der Waals surface area contributed by atoms with Gasteiger partial charge in [0.05, 0.1) is 0 Å². The molecular weight excluding hydrogens is 182 g/mol. The molecule has 1 aliphatic rings. The van der Waals surface area contributed by atoms with E-state index in [0.717, 1.165) is 5.92 Å². The van der Waals surface area contributed by atoms with Crippen LogP contribution in [0.25, 0.3) is 0 Å². The fourth-order valence-electron chi connectivity index (χ4n) is 2.27. The lowest BCUT2D eigenvalue weighted by Gasteiger charge is -2.22. The third kappa shape index (κ3) is 7.61. The maximum atomic E-state index is 5.97. The zero-order valence-corrected chi connectivity index (χ0v) is 10.9. The number of hydrogen-bond donors (Lipinski definition) is 1. The van der Waals surface area contributed by atoms with E-state index in [4.69, 9.17) is 5.73 Å². The minimum atomic E-state index is 0.466. The summed E-state index contributed by atoms with van der Waals surface area (Å²) in [4.78, 5) is 0. The molecule has 0 spiro atoms. The molecule has 2 unspecified atom stereocenters. The first kappa shape index (κ1) is 14.7. The average Bonchev–Trinajstić information content (AvgIpc) is 2.20. The van der Waals surface area contributed by atoms with E-state index in [1.54, 1.807) is 0 Å². The smallest absolute Gasteiger partial charge is 0.00389 e. The molecule has 0 aromatic rings. The Kier molecular flexibility index (Phi) is 8.79. The summed E-state index contributed by atoms with van der Waals surface area (Å²) < 4.78 is 0. The minimum Gasteiger partial charge on any atom is -0.328 e. The first-order valence-electron chi connectivity index (χ1n) is 6.58. The monoisotopic (exact) mass is 211 g/mol. The molecule has 1 rings (SSSR count). The SMILES string of the molecule is C=C(C)CC1CCCCC(N)CC1.CC. The van der Waals surface area contributed by atoms with Crippen LogP contribution >= 0.6 is 0 Å². The van der Waals surface area contributed by atoms with Gasteiger partial charge in [-0.15, -0.1) is 6.58 Å². The van der Waals surface area contributed by atoms with Crippen molar-refractivity contribution in [3.8, 4) is 0 Å². The lowest BCUT2D eigenvalue weighted by Crippen LogP contribution is -2.22. The molecule has 0 aliphatic heterocycles. The van der Waals surface area contributed by atoms with Crippen LogP contribution in [0.2, 0.25) is 0 Å². The molecule has 1 nitrogen and oxygen atoms in total. The van der Waals surface area contributed by atoms with Gasteiger partial charge in [-0.05, 0) is 38.5 Å². The molecule has 1 fully saturated rings. The highest BCUT2D eigenvalue weighted by atomic mass is 14.6. The third-order valence-electron chi connectivity index (χ3n) is 3.02. The Labute approximate surface area is 96.1 Å². The van der Waals surface area contributed by atoms with E-state index < -0.39 is 0 Å². The van der Waals surface area contributed by atoms with Gasteiger partial charge in [0.15, 0.2) is 0 Å². The molecule has 15 heavy (non-hydrogen) atoms. The predicted octanol–water partition coefficient (Wildman–Crippen LogP) is 4.28. The molecule has 0 saturated heterocycles. The summed E-state index contributed by atoms with van der Waals surface area (Å²) in [7, 11) is 0. The first-order valence-corrected chi connectivity index (χ1v) is 6.58. The van der Waals surface area contributed by atoms with Gasteiger partial charge in [-0.1, -0.05) is 38.7 Å². The molecular formula is C14H29N. The van der Waals surface area contributed by atoms with Crippen molar-refractivity contribution >= 4 is 0 Å². The highest BCUT2D eigenvalue weighted by Gasteiger charge is 2.14. The molecule has 1 saturated carbocycles. The van der Waals surface area contributed by atoms with Gasteiger partial charge in [0.1, 0.15) is 0 Å². The van der Waals surface area contributed by atoms with E-state index in [0.29, 0.717) is 6.04 Å². The quantitative estimate of drug-likeness (QED) is 0.678. The topological polar surface area (TPSA) is 26.0 Å². The van der Waals surface area contributed by atoms with E-state index in [-0.39, 0.29) is 0 Å². The summed E-state index contributed by atoms with van der Waals surface area (Å²) in [5.74, 6) is 0.865. The molecule has 0 aromatic carbocycles. The molecule has 0 aromatic heterocycles.